The fraction of sp³-hybridized carbons (Fsp3) is 0.571. The Labute approximate surface area is 237 Å². The van der Waals surface area contributed by atoms with Gasteiger partial charge in [-0.05, 0) is 47.6 Å². The number of fused-ring (bicyclic) bond motifs is 1. The van der Waals surface area contributed by atoms with Crippen LogP contribution in [-0.2, 0) is 15.9 Å². The van der Waals surface area contributed by atoms with Crippen molar-refractivity contribution in [1.82, 2.24) is 0 Å². The molecule has 0 radical (unpaired) electrons. The van der Waals surface area contributed by atoms with Gasteiger partial charge in [-0.25, -0.2) is 0 Å². The van der Waals surface area contributed by atoms with Gasteiger partial charge in [0.05, 0.1) is 41.7 Å². The third-order valence-corrected chi connectivity index (χ3v) is 7.99. The number of methoxy groups -OCH3 is 4. The van der Waals surface area contributed by atoms with Crippen molar-refractivity contribution in [3.05, 3.63) is 34.9 Å². The first-order valence-corrected chi connectivity index (χ1v) is 13.1. The molecule has 228 valence electrons. The molecule has 4 rings (SSSR count). The van der Waals surface area contributed by atoms with Crippen LogP contribution in [0, 0.1) is 11.8 Å². The highest BCUT2D eigenvalue weighted by atomic mass is 16.7. The van der Waals surface area contributed by atoms with Gasteiger partial charge >= 0.3 is 0 Å². The summed E-state index contributed by atoms with van der Waals surface area (Å²) in [6, 6.07) is 4.88. The highest BCUT2D eigenvalue weighted by Crippen LogP contribution is 2.54. The summed E-state index contributed by atoms with van der Waals surface area (Å²) in [5.74, 6) is -1.51. The number of aliphatic hydroxyl groups excluding tert-OH is 5. The smallest absolute Gasteiger partial charge is 0.201 e. The number of aromatic hydroxyl groups is 2. The first-order valence-electron chi connectivity index (χ1n) is 13.1. The molecule has 1 heterocycles. The van der Waals surface area contributed by atoms with E-state index in [0.29, 0.717) is 17.5 Å². The lowest BCUT2D eigenvalue weighted by atomic mass is 9.66. The molecule has 7 N–H and O–H groups in total. The normalized spacial score (nSPS) is 29.5. The Hall–Kier alpha value is -3.04. The summed E-state index contributed by atoms with van der Waals surface area (Å²) >= 11 is 0. The predicted octanol–water partition coefficient (Wildman–Crippen LogP) is -0.139. The molecule has 0 bridgehead atoms. The molecule has 2 aromatic rings. The van der Waals surface area contributed by atoms with Gasteiger partial charge in [0.2, 0.25) is 11.5 Å². The van der Waals surface area contributed by atoms with Gasteiger partial charge in [0.25, 0.3) is 0 Å². The highest BCUT2D eigenvalue weighted by molar-refractivity contribution is 5.64. The maximum absolute atomic E-state index is 11.0. The molecule has 1 saturated heterocycles. The number of benzene rings is 2. The topological polar surface area (TPSA) is 197 Å². The fourth-order valence-electron chi connectivity index (χ4n) is 5.83. The van der Waals surface area contributed by atoms with Crippen molar-refractivity contribution in [3.63, 3.8) is 0 Å². The highest BCUT2D eigenvalue weighted by Gasteiger charge is 2.46. The van der Waals surface area contributed by atoms with Gasteiger partial charge in [0.15, 0.2) is 29.3 Å². The molecule has 2 aliphatic rings. The molecule has 13 heteroatoms. The van der Waals surface area contributed by atoms with Gasteiger partial charge in [-0.3, -0.25) is 0 Å². The molecule has 41 heavy (non-hydrogen) atoms. The molecular weight excluding hydrogens is 544 g/mol. The van der Waals surface area contributed by atoms with E-state index in [9.17, 15) is 35.7 Å². The van der Waals surface area contributed by atoms with E-state index < -0.39 is 55.1 Å². The van der Waals surface area contributed by atoms with Gasteiger partial charge in [-0.15, -0.1) is 0 Å². The lowest BCUT2D eigenvalue weighted by Crippen LogP contribution is -2.59. The van der Waals surface area contributed by atoms with Crippen LogP contribution < -0.4 is 18.9 Å². The zero-order valence-electron chi connectivity index (χ0n) is 23.3. The molecule has 1 fully saturated rings. The summed E-state index contributed by atoms with van der Waals surface area (Å²) in [5.41, 5.74) is 1.88. The number of hydrogen-bond donors (Lipinski definition) is 7. The van der Waals surface area contributed by atoms with E-state index in [-0.39, 0.29) is 47.7 Å². The van der Waals surface area contributed by atoms with Crippen LogP contribution in [0.1, 0.15) is 22.6 Å². The molecule has 0 saturated carbocycles. The van der Waals surface area contributed by atoms with Crippen molar-refractivity contribution < 1.29 is 64.2 Å². The zero-order chi connectivity index (χ0) is 30.0. The summed E-state index contributed by atoms with van der Waals surface area (Å²) in [6.45, 7) is -1.02. The minimum absolute atomic E-state index is 0.123. The number of phenolic OH excluding ortho intramolecular Hbond substituents is 2. The van der Waals surface area contributed by atoms with Crippen LogP contribution in [0.5, 0.6) is 34.5 Å². The largest absolute Gasteiger partial charge is 0.502 e. The van der Waals surface area contributed by atoms with E-state index in [1.807, 2.05) is 0 Å². The van der Waals surface area contributed by atoms with Gasteiger partial charge < -0.3 is 64.2 Å². The van der Waals surface area contributed by atoms with Gasteiger partial charge in [-0.2, -0.15) is 0 Å². The first kappa shape index (κ1) is 30.9. The van der Waals surface area contributed by atoms with Crippen LogP contribution >= 0.6 is 0 Å². The van der Waals surface area contributed by atoms with Crippen LogP contribution in [0.2, 0.25) is 0 Å². The zero-order valence-corrected chi connectivity index (χ0v) is 23.3. The Kier molecular flexibility index (Phi) is 9.70. The molecule has 0 unspecified atom stereocenters. The van der Waals surface area contributed by atoms with Crippen molar-refractivity contribution in [2.45, 2.75) is 43.0 Å². The van der Waals surface area contributed by atoms with Crippen molar-refractivity contribution in [3.8, 4) is 34.5 Å². The average Bonchev–Trinajstić information content (AvgIpc) is 2.98. The van der Waals surface area contributed by atoms with Gasteiger partial charge in [0.1, 0.15) is 24.4 Å². The molecule has 0 aromatic heterocycles. The number of rotatable bonds is 10. The number of aliphatic hydroxyl groups is 5. The lowest BCUT2D eigenvalue weighted by Gasteiger charge is -2.43. The molecule has 13 nitrogen and oxygen atoms in total. The number of ether oxygens (including phenoxy) is 6. The van der Waals surface area contributed by atoms with Crippen molar-refractivity contribution in [2.75, 3.05) is 48.3 Å². The molecule has 0 spiro atoms. The average molecular weight is 583 g/mol. The van der Waals surface area contributed by atoms with Crippen LogP contribution in [-0.4, -0.2) is 115 Å². The Morgan fingerprint density at radius 1 is 0.780 bits per heavy atom. The van der Waals surface area contributed by atoms with Crippen LogP contribution in [0.25, 0.3) is 0 Å². The maximum atomic E-state index is 11.0. The minimum atomic E-state index is -1.63. The van der Waals surface area contributed by atoms with Crippen molar-refractivity contribution in [1.29, 1.82) is 0 Å². The maximum Gasteiger partial charge on any atom is 0.201 e. The Bertz CT molecular complexity index is 1180. The van der Waals surface area contributed by atoms with Crippen LogP contribution in [0.3, 0.4) is 0 Å². The summed E-state index contributed by atoms with van der Waals surface area (Å²) in [4.78, 5) is 0. The van der Waals surface area contributed by atoms with E-state index in [0.717, 1.165) is 5.56 Å². The summed E-state index contributed by atoms with van der Waals surface area (Å²) < 4.78 is 33.3. The second-order valence-electron chi connectivity index (χ2n) is 10.1. The standard InChI is InChI=1S/C28H38O13/c1-36-16-7-13(8-17(37-2)22(16)31)20-15(11-40-28-26(35)25(34)23(32)19(10-30)41-28)14(9-29)5-12-6-18(38-3)24(33)27(39-4)21(12)20/h6-8,14-15,19-20,23,25-26,28-35H,5,9-11H2,1-4H3/t14-,15-,19-,20+,23+,25+,26+,28-/m0/s1. The number of hydrogen-bond acceptors (Lipinski definition) is 13. The predicted molar refractivity (Wildman–Crippen MR) is 142 cm³/mol. The molecule has 8 atom stereocenters. The van der Waals surface area contributed by atoms with E-state index in [2.05, 4.69) is 0 Å². The van der Waals surface area contributed by atoms with Crippen LogP contribution in [0.15, 0.2) is 18.2 Å². The molecule has 2 aromatic carbocycles. The third kappa shape index (κ3) is 5.58. The van der Waals surface area contributed by atoms with E-state index in [1.165, 1.54) is 28.4 Å². The third-order valence-electron chi connectivity index (χ3n) is 7.99. The molecule has 1 aliphatic carbocycles. The molecule has 0 amide bonds. The Morgan fingerprint density at radius 3 is 1.93 bits per heavy atom. The lowest BCUT2D eigenvalue weighted by molar-refractivity contribution is -0.304. The van der Waals surface area contributed by atoms with Crippen LogP contribution in [0.4, 0.5) is 0 Å². The SMILES string of the molecule is COc1cc([C@H]2c3c(cc(OC)c(O)c3OC)C[C@@H](CO)[C@@H]2CO[C@H]2O[C@@H](CO)[C@@H](O)[C@@H](O)[C@H]2O)cc(OC)c1O. The Morgan fingerprint density at radius 2 is 1.39 bits per heavy atom. The fourth-order valence-corrected chi connectivity index (χ4v) is 5.83. The summed E-state index contributed by atoms with van der Waals surface area (Å²) in [7, 11) is 5.60. The van der Waals surface area contributed by atoms with E-state index in [1.54, 1.807) is 18.2 Å². The quantitative estimate of drug-likeness (QED) is 0.196. The second-order valence-corrected chi connectivity index (χ2v) is 10.1. The minimum Gasteiger partial charge on any atom is -0.502 e. The van der Waals surface area contributed by atoms with E-state index in [4.69, 9.17) is 28.4 Å². The molecular formula is C28H38O13. The van der Waals surface area contributed by atoms with E-state index >= 15 is 0 Å². The number of phenols is 2. The van der Waals surface area contributed by atoms with Gasteiger partial charge in [-0.1, -0.05) is 0 Å². The summed E-state index contributed by atoms with van der Waals surface area (Å²) in [5, 5.41) is 72.6. The first-order chi connectivity index (χ1) is 19.6. The van der Waals surface area contributed by atoms with Gasteiger partial charge in [0, 0.05) is 18.1 Å². The molecule has 1 aliphatic heterocycles. The second kappa shape index (κ2) is 12.9. The monoisotopic (exact) mass is 582 g/mol. The van der Waals surface area contributed by atoms with Crippen molar-refractivity contribution >= 4 is 0 Å². The summed E-state index contributed by atoms with van der Waals surface area (Å²) in [6.07, 6.45) is -7.02. The Balaban J connectivity index is 1.85. The van der Waals surface area contributed by atoms with Crippen molar-refractivity contribution in [2.24, 2.45) is 11.8 Å².